The molecule has 2 aliphatic heterocycles. The van der Waals surface area contributed by atoms with Gasteiger partial charge >= 0.3 is 0 Å². The van der Waals surface area contributed by atoms with E-state index in [9.17, 15) is 41.4 Å². The van der Waals surface area contributed by atoms with Crippen LogP contribution < -0.4 is 20.3 Å². The van der Waals surface area contributed by atoms with Gasteiger partial charge in [0.05, 0.1) is 17.6 Å². The molecule has 2 heterocycles. The first-order chi connectivity index (χ1) is 21.8. The van der Waals surface area contributed by atoms with E-state index in [2.05, 4.69) is 36.3 Å². The Hall–Kier alpha value is -2.90. The van der Waals surface area contributed by atoms with Gasteiger partial charge in [0, 0.05) is 53.7 Å². The van der Waals surface area contributed by atoms with Crippen LogP contribution in [0.1, 0.15) is 65.5 Å². The minimum atomic E-state index is -4.13. The quantitative estimate of drug-likeness (QED) is 0.225. The van der Waals surface area contributed by atoms with Gasteiger partial charge in [-0.2, -0.15) is 8.42 Å². The molecular formula is C30H39Br2N5O9S2. The minimum absolute atomic E-state index is 0.0619. The van der Waals surface area contributed by atoms with E-state index in [4.69, 9.17) is 5.73 Å². The van der Waals surface area contributed by atoms with Crippen molar-refractivity contribution in [3.05, 3.63) is 44.3 Å². The summed E-state index contributed by atoms with van der Waals surface area (Å²) >= 11 is 6.46. The fourth-order valence-electron chi connectivity index (χ4n) is 5.15. The zero-order valence-corrected chi connectivity index (χ0v) is 32.1. The lowest BCUT2D eigenvalue weighted by atomic mass is 10.1. The summed E-state index contributed by atoms with van der Waals surface area (Å²) in [6, 6.07) is 6.15. The number of nitrogens with two attached hydrogens (primary N) is 1. The Morgan fingerprint density at radius 1 is 0.812 bits per heavy atom. The summed E-state index contributed by atoms with van der Waals surface area (Å²) in [4.78, 5) is 38.0. The maximum absolute atomic E-state index is 12.5. The highest BCUT2D eigenvalue weighted by atomic mass is 79.9. The van der Waals surface area contributed by atoms with Crippen LogP contribution in [0.5, 0.6) is 0 Å². The van der Waals surface area contributed by atoms with Crippen molar-refractivity contribution in [2.45, 2.75) is 88.2 Å². The molecule has 2 aromatic rings. The largest absolute Gasteiger partial charge is 0.390 e. The molecule has 0 spiro atoms. The number of nitrogens with one attached hydrogen (secondary N) is 1. The minimum Gasteiger partial charge on any atom is -0.390 e. The molecule has 0 aliphatic carbocycles. The van der Waals surface area contributed by atoms with Crippen LogP contribution in [-0.2, 0) is 47.3 Å². The maximum Gasteiger partial charge on any atom is 0.285 e. The molecule has 18 heteroatoms. The Bertz CT molecular complexity index is 1880. The first-order valence-electron chi connectivity index (χ1n) is 14.6. The van der Waals surface area contributed by atoms with Gasteiger partial charge < -0.3 is 25.7 Å². The van der Waals surface area contributed by atoms with Crippen molar-refractivity contribution >= 4 is 86.8 Å². The lowest BCUT2D eigenvalue weighted by Crippen LogP contribution is -2.36. The predicted octanol–water partition coefficient (Wildman–Crippen LogP) is 2.89. The molecule has 2 aliphatic rings. The smallest absolute Gasteiger partial charge is 0.285 e. The van der Waals surface area contributed by atoms with E-state index in [0.717, 1.165) is 11.1 Å². The molecule has 264 valence electrons. The highest BCUT2D eigenvalue weighted by Crippen LogP contribution is 2.37. The van der Waals surface area contributed by atoms with Crippen LogP contribution in [-0.4, -0.2) is 74.9 Å². The van der Waals surface area contributed by atoms with Crippen molar-refractivity contribution in [1.82, 2.24) is 4.72 Å². The SMILES string of the molecule is CC(=O)N1CCc2cc(Br)c(S(=O)(=O)N=C(N)CC(C)(C)O)cc21.CC(=O)N1CCc2cc(Br)c(S(=O)(=O)NC(=O)CC(C)(C)O)cc21. The third kappa shape index (κ3) is 10.1. The number of aliphatic hydroxyl groups is 2. The summed E-state index contributed by atoms with van der Waals surface area (Å²) in [7, 11) is -8.20. The molecule has 14 nitrogen and oxygen atoms in total. The summed E-state index contributed by atoms with van der Waals surface area (Å²) in [6.07, 6.45) is 0.875. The number of rotatable bonds is 8. The van der Waals surface area contributed by atoms with E-state index in [1.165, 1.54) is 63.5 Å². The number of amidine groups is 1. The third-order valence-electron chi connectivity index (χ3n) is 7.08. The Labute approximate surface area is 297 Å². The molecule has 0 atom stereocenters. The van der Waals surface area contributed by atoms with Gasteiger partial charge in [-0.15, -0.1) is 4.40 Å². The molecule has 0 unspecified atom stereocenters. The summed E-state index contributed by atoms with van der Waals surface area (Å²) in [5, 5.41) is 19.3. The van der Waals surface area contributed by atoms with Gasteiger partial charge in [-0.3, -0.25) is 14.4 Å². The molecule has 3 amide bonds. The summed E-state index contributed by atoms with van der Waals surface area (Å²) in [5.74, 6) is -1.31. The Morgan fingerprint density at radius 2 is 1.23 bits per heavy atom. The van der Waals surface area contributed by atoms with Crippen molar-refractivity contribution in [3.63, 3.8) is 0 Å². The number of halogens is 2. The molecule has 0 radical (unpaired) electrons. The zero-order valence-electron chi connectivity index (χ0n) is 27.3. The van der Waals surface area contributed by atoms with E-state index >= 15 is 0 Å². The van der Waals surface area contributed by atoms with Crippen LogP contribution in [0.2, 0.25) is 0 Å². The topological polar surface area (TPSA) is 217 Å². The number of hydrogen-bond donors (Lipinski definition) is 4. The van der Waals surface area contributed by atoms with Crippen LogP contribution in [0.3, 0.4) is 0 Å². The Kier molecular flexibility index (Phi) is 12.0. The summed E-state index contributed by atoms with van der Waals surface area (Å²) in [5.41, 5.74) is 6.02. The Morgan fingerprint density at radius 3 is 1.65 bits per heavy atom. The van der Waals surface area contributed by atoms with Gasteiger partial charge in [0.1, 0.15) is 15.6 Å². The monoisotopic (exact) mass is 835 g/mol. The molecule has 0 fully saturated rings. The standard InChI is InChI=1S/C15H20BrN3O4S.C15H19BrN2O5S/c1-9(20)19-5-4-10-6-11(16)13(7-12(10)19)24(22,23)18-14(17)8-15(2,3)21;1-9(19)18-5-4-10-6-11(16)13(7-12(10)18)24(22,23)17-14(20)8-15(2,3)21/h6-7,21H,4-5,8H2,1-3H3,(H2,17,18);6-7,21H,4-5,8H2,1-3H3,(H,17,20). The zero-order chi connectivity index (χ0) is 36.6. The van der Waals surface area contributed by atoms with E-state index < -0.39 is 37.2 Å². The number of fused-ring (bicyclic) bond motifs is 2. The second-order valence-corrected chi connectivity index (χ2v) is 17.7. The van der Waals surface area contributed by atoms with Crippen molar-refractivity contribution in [1.29, 1.82) is 0 Å². The molecule has 0 saturated carbocycles. The number of carbonyl (C=O) groups excluding carboxylic acids is 3. The fourth-order valence-corrected chi connectivity index (χ4v) is 9.28. The predicted molar refractivity (Wildman–Crippen MR) is 188 cm³/mol. The lowest BCUT2D eigenvalue weighted by molar-refractivity contribution is -0.123. The van der Waals surface area contributed by atoms with Gasteiger partial charge in [0.25, 0.3) is 20.0 Å². The summed E-state index contributed by atoms with van der Waals surface area (Å²) in [6.45, 7) is 9.71. The molecule has 5 N–H and O–H groups in total. The van der Waals surface area contributed by atoms with E-state index in [-0.39, 0.29) is 40.3 Å². The van der Waals surface area contributed by atoms with Gasteiger partial charge in [0.15, 0.2) is 0 Å². The van der Waals surface area contributed by atoms with Crippen LogP contribution in [0.15, 0.2) is 47.4 Å². The normalized spacial score (nSPS) is 15.0. The average molecular weight is 838 g/mol. The van der Waals surface area contributed by atoms with Crippen LogP contribution in [0, 0.1) is 0 Å². The molecule has 2 aromatic carbocycles. The van der Waals surface area contributed by atoms with E-state index in [1.807, 2.05) is 4.72 Å². The summed E-state index contributed by atoms with van der Waals surface area (Å²) < 4.78 is 56.3. The highest BCUT2D eigenvalue weighted by Gasteiger charge is 2.30. The number of hydrogen-bond acceptors (Lipinski definition) is 9. The number of nitrogens with zero attached hydrogens (tertiary/aromatic N) is 3. The lowest BCUT2D eigenvalue weighted by Gasteiger charge is -2.18. The highest BCUT2D eigenvalue weighted by molar-refractivity contribution is 9.10. The van der Waals surface area contributed by atoms with Crippen LogP contribution >= 0.6 is 31.9 Å². The number of anilines is 2. The fraction of sp³-hybridized carbons (Fsp3) is 0.467. The van der Waals surface area contributed by atoms with Gasteiger partial charge in [0.2, 0.25) is 17.7 Å². The second kappa shape index (κ2) is 14.5. The second-order valence-electron chi connectivity index (χ2n) is 12.7. The number of carbonyl (C=O) groups is 3. The molecule has 48 heavy (non-hydrogen) atoms. The van der Waals surface area contributed by atoms with Crippen molar-refractivity contribution in [2.75, 3.05) is 22.9 Å². The van der Waals surface area contributed by atoms with Gasteiger partial charge in [-0.05, 0) is 108 Å². The third-order valence-corrected chi connectivity index (χ3v) is 11.7. The van der Waals surface area contributed by atoms with E-state index in [0.29, 0.717) is 46.3 Å². The number of amides is 3. The average Bonchev–Trinajstić information content (AvgIpc) is 3.48. The first-order valence-corrected chi connectivity index (χ1v) is 19.1. The molecule has 0 saturated heterocycles. The van der Waals surface area contributed by atoms with Crippen molar-refractivity contribution in [2.24, 2.45) is 10.1 Å². The van der Waals surface area contributed by atoms with E-state index in [1.54, 1.807) is 12.1 Å². The number of benzene rings is 2. The first kappa shape index (κ1) is 39.5. The van der Waals surface area contributed by atoms with Crippen LogP contribution in [0.4, 0.5) is 11.4 Å². The van der Waals surface area contributed by atoms with Crippen molar-refractivity contribution < 1.29 is 41.4 Å². The van der Waals surface area contributed by atoms with Crippen molar-refractivity contribution in [3.8, 4) is 0 Å². The van der Waals surface area contributed by atoms with Crippen LogP contribution in [0.25, 0.3) is 0 Å². The number of sulfonamides is 2. The molecule has 4 rings (SSSR count). The molecule has 0 bridgehead atoms. The maximum atomic E-state index is 12.5. The molecular weight excluding hydrogens is 798 g/mol. The molecule has 0 aromatic heterocycles. The van der Waals surface area contributed by atoms with Gasteiger partial charge in [-0.25, -0.2) is 13.1 Å². The van der Waals surface area contributed by atoms with Gasteiger partial charge in [-0.1, -0.05) is 0 Å². The Balaban J connectivity index is 0.000000260.